The number of ether oxygens (including phenoxy) is 1. The Balaban J connectivity index is 0.00000220. The quantitative estimate of drug-likeness (QED) is 0.797. The monoisotopic (exact) mass is 317 g/mol. The van der Waals surface area contributed by atoms with Gasteiger partial charge in [-0.1, -0.05) is 13.0 Å². The number of nitrogens with zero attached hydrogens (tertiary/aromatic N) is 1. The van der Waals surface area contributed by atoms with E-state index < -0.39 is 12.9 Å². The summed E-state index contributed by atoms with van der Waals surface area (Å²) in [6.45, 7) is 5.63. The van der Waals surface area contributed by atoms with Gasteiger partial charge >= 0.3 is 7.12 Å². The summed E-state index contributed by atoms with van der Waals surface area (Å²) in [6, 6.07) is 3.97. The van der Waals surface area contributed by atoms with Crippen LogP contribution in [0.5, 0.6) is 5.75 Å². The fourth-order valence-corrected chi connectivity index (χ4v) is 2.37. The first-order valence-corrected chi connectivity index (χ1v) is 7.07. The number of hydrogen-bond acceptors (Lipinski definition) is 4. The van der Waals surface area contributed by atoms with E-state index in [1.54, 1.807) is 0 Å². The number of halogens is 2. The van der Waals surface area contributed by atoms with Gasteiger partial charge in [-0.2, -0.15) is 0 Å². The van der Waals surface area contributed by atoms with Gasteiger partial charge in [0.05, 0.1) is 0 Å². The molecule has 0 amide bonds. The molecular weight excluding hydrogens is 295 g/mol. The van der Waals surface area contributed by atoms with Gasteiger partial charge in [-0.15, -0.1) is 12.4 Å². The molecule has 1 fully saturated rings. The Morgan fingerprint density at radius 2 is 2.00 bits per heavy atom. The second-order valence-electron chi connectivity index (χ2n) is 5.44. The van der Waals surface area contributed by atoms with Gasteiger partial charge in [-0.3, -0.25) is 4.90 Å². The predicted molar refractivity (Wildman–Crippen MR) is 83.8 cm³/mol. The maximum absolute atomic E-state index is 13.7. The fraction of sp³-hybridized carbons (Fsp3) is 0.571. The molecule has 0 radical (unpaired) electrons. The van der Waals surface area contributed by atoms with Crippen molar-refractivity contribution in [3.8, 4) is 5.75 Å². The average Bonchev–Trinajstić information content (AvgIpc) is 2.42. The van der Waals surface area contributed by atoms with E-state index in [1.807, 2.05) is 0 Å². The molecule has 1 aromatic carbocycles. The van der Waals surface area contributed by atoms with Crippen LogP contribution >= 0.6 is 12.4 Å². The van der Waals surface area contributed by atoms with Crippen molar-refractivity contribution >= 4 is 25.0 Å². The molecule has 0 atom stereocenters. The Morgan fingerprint density at radius 1 is 1.33 bits per heavy atom. The zero-order valence-electron chi connectivity index (χ0n) is 12.2. The molecule has 1 saturated heterocycles. The van der Waals surface area contributed by atoms with Gasteiger partial charge in [0.25, 0.3) is 0 Å². The molecule has 0 aromatic heterocycles. The number of benzene rings is 1. The molecule has 2 N–H and O–H groups in total. The van der Waals surface area contributed by atoms with Gasteiger partial charge in [0.2, 0.25) is 0 Å². The molecule has 21 heavy (non-hydrogen) atoms. The van der Waals surface area contributed by atoms with Crippen molar-refractivity contribution in [1.82, 2.24) is 4.90 Å². The van der Waals surface area contributed by atoms with Crippen LogP contribution in [0.15, 0.2) is 18.2 Å². The van der Waals surface area contributed by atoms with Gasteiger partial charge < -0.3 is 14.8 Å². The molecule has 2 rings (SSSR count). The van der Waals surface area contributed by atoms with Crippen LogP contribution in [0.2, 0.25) is 0 Å². The smallest absolute Gasteiger partial charge is 0.488 e. The highest BCUT2D eigenvalue weighted by molar-refractivity contribution is 6.58. The van der Waals surface area contributed by atoms with Gasteiger partial charge in [-0.25, -0.2) is 4.39 Å². The normalized spacial score (nSPS) is 16.4. The summed E-state index contributed by atoms with van der Waals surface area (Å²) in [6.07, 6.45) is 2.41. The summed E-state index contributed by atoms with van der Waals surface area (Å²) in [4.78, 5) is 2.32. The first-order valence-electron chi connectivity index (χ1n) is 7.07. The first-order chi connectivity index (χ1) is 9.56. The van der Waals surface area contributed by atoms with E-state index in [0.717, 1.165) is 31.6 Å². The Hall–Kier alpha value is -0.815. The number of likely N-dealkylation sites (tertiary alicyclic amines) is 1. The van der Waals surface area contributed by atoms with Crippen LogP contribution in [-0.4, -0.2) is 48.3 Å². The minimum Gasteiger partial charge on any atom is -0.489 e. The molecule has 0 bridgehead atoms. The molecule has 118 valence electrons. The molecule has 7 heteroatoms. The topological polar surface area (TPSA) is 52.9 Å². The van der Waals surface area contributed by atoms with Crippen molar-refractivity contribution < 1.29 is 19.2 Å². The van der Waals surface area contributed by atoms with Gasteiger partial charge in [0.1, 0.15) is 6.61 Å². The van der Waals surface area contributed by atoms with Crippen LogP contribution in [-0.2, 0) is 0 Å². The maximum atomic E-state index is 13.7. The first kappa shape index (κ1) is 18.2. The Labute approximate surface area is 131 Å². The summed E-state index contributed by atoms with van der Waals surface area (Å²) in [7, 11) is -1.66. The van der Waals surface area contributed by atoms with Crippen LogP contribution < -0.4 is 10.2 Å². The molecule has 1 aliphatic rings. The zero-order valence-corrected chi connectivity index (χ0v) is 13.0. The van der Waals surface area contributed by atoms with E-state index in [4.69, 9.17) is 14.8 Å². The molecule has 0 aliphatic carbocycles. The SMILES string of the molecule is CC1CCN(CCOc2ccc(B(O)O)cc2F)CC1.Cl. The second kappa shape index (κ2) is 8.58. The van der Waals surface area contributed by atoms with Crippen LogP contribution in [0, 0.1) is 11.7 Å². The third-order valence-corrected chi connectivity index (χ3v) is 3.80. The van der Waals surface area contributed by atoms with E-state index in [2.05, 4.69) is 11.8 Å². The van der Waals surface area contributed by atoms with E-state index in [-0.39, 0.29) is 23.6 Å². The van der Waals surface area contributed by atoms with Crippen LogP contribution in [0.1, 0.15) is 19.8 Å². The molecule has 1 aliphatic heterocycles. The molecule has 0 spiro atoms. The number of hydrogen-bond donors (Lipinski definition) is 2. The Morgan fingerprint density at radius 3 is 2.57 bits per heavy atom. The highest BCUT2D eigenvalue weighted by Crippen LogP contribution is 2.17. The minimum atomic E-state index is -1.66. The fourth-order valence-electron chi connectivity index (χ4n) is 2.37. The van der Waals surface area contributed by atoms with Gasteiger partial charge in [0, 0.05) is 6.54 Å². The molecule has 0 saturated carbocycles. The zero-order chi connectivity index (χ0) is 14.5. The van der Waals surface area contributed by atoms with Crippen LogP contribution in [0.3, 0.4) is 0 Å². The highest BCUT2D eigenvalue weighted by atomic mass is 35.5. The third-order valence-electron chi connectivity index (χ3n) is 3.80. The summed E-state index contributed by atoms with van der Waals surface area (Å²) in [5, 5.41) is 17.9. The van der Waals surface area contributed by atoms with E-state index in [9.17, 15) is 4.39 Å². The standard InChI is InChI=1S/C14H21BFNO3.ClH/c1-11-4-6-17(7-5-11)8-9-20-14-3-2-12(15(18)19)10-13(14)16;/h2-3,10-11,18-19H,4-9H2,1H3;1H. The van der Waals surface area contributed by atoms with E-state index >= 15 is 0 Å². The summed E-state index contributed by atoms with van der Waals surface area (Å²) in [5.41, 5.74) is 0.125. The van der Waals surface area contributed by atoms with Crippen molar-refractivity contribution in [2.75, 3.05) is 26.2 Å². The number of rotatable bonds is 5. The molecule has 4 nitrogen and oxygen atoms in total. The average molecular weight is 318 g/mol. The lowest BCUT2D eigenvalue weighted by molar-refractivity contribution is 0.158. The van der Waals surface area contributed by atoms with Crippen LogP contribution in [0.4, 0.5) is 4.39 Å². The summed E-state index contributed by atoms with van der Waals surface area (Å²) in [5.74, 6) is 0.379. The van der Waals surface area contributed by atoms with Crippen molar-refractivity contribution in [3.63, 3.8) is 0 Å². The summed E-state index contributed by atoms with van der Waals surface area (Å²) >= 11 is 0. The largest absolute Gasteiger partial charge is 0.489 e. The van der Waals surface area contributed by atoms with Gasteiger partial charge in [-0.05, 0) is 49.4 Å². The lowest BCUT2D eigenvalue weighted by Gasteiger charge is -2.29. The lowest BCUT2D eigenvalue weighted by atomic mass is 9.80. The van der Waals surface area contributed by atoms with E-state index in [1.165, 1.54) is 25.0 Å². The maximum Gasteiger partial charge on any atom is 0.488 e. The van der Waals surface area contributed by atoms with Crippen molar-refractivity contribution in [3.05, 3.63) is 24.0 Å². The third kappa shape index (κ3) is 5.47. The summed E-state index contributed by atoms with van der Waals surface area (Å²) < 4.78 is 19.1. The molecule has 0 unspecified atom stereocenters. The van der Waals surface area contributed by atoms with Crippen molar-refractivity contribution in [1.29, 1.82) is 0 Å². The van der Waals surface area contributed by atoms with Crippen molar-refractivity contribution in [2.24, 2.45) is 5.92 Å². The van der Waals surface area contributed by atoms with Crippen LogP contribution in [0.25, 0.3) is 0 Å². The Kier molecular flexibility index (Phi) is 7.45. The highest BCUT2D eigenvalue weighted by Gasteiger charge is 2.16. The Bertz CT molecular complexity index is 442. The molecular formula is C14H22BClFNO3. The van der Waals surface area contributed by atoms with Crippen molar-refractivity contribution in [2.45, 2.75) is 19.8 Å². The number of piperidine rings is 1. The second-order valence-corrected chi connectivity index (χ2v) is 5.44. The molecule has 1 heterocycles. The lowest BCUT2D eigenvalue weighted by Crippen LogP contribution is -2.35. The van der Waals surface area contributed by atoms with E-state index in [0.29, 0.717) is 6.61 Å². The minimum absolute atomic E-state index is 0. The molecule has 1 aromatic rings. The van der Waals surface area contributed by atoms with Gasteiger partial charge in [0.15, 0.2) is 11.6 Å². The predicted octanol–water partition coefficient (Wildman–Crippen LogP) is 1.04.